The molecular formula is C36H41N5O4. The van der Waals surface area contributed by atoms with E-state index in [1.807, 2.05) is 0 Å². The van der Waals surface area contributed by atoms with Crippen molar-refractivity contribution >= 4 is 23.2 Å². The minimum absolute atomic E-state index is 0.00886. The monoisotopic (exact) mass is 607 g/mol. The maximum atomic E-state index is 13.7. The minimum Gasteiger partial charge on any atom is -0.359 e. The Hall–Kier alpha value is -4.63. The molecule has 0 aromatic heterocycles. The van der Waals surface area contributed by atoms with Gasteiger partial charge >= 0.3 is 0 Å². The molecule has 0 aliphatic carbocycles. The summed E-state index contributed by atoms with van der Waals surface area (Å²) in [4.78, 5) is 44.5. The van der Waals surface area contributed by atoms with Crippen LogP contribution in [0.4, 0.5) is 5.69 Å². The minimum atomic E-state index is -0.705. The molecule has 2 atom stereocenters. The summed E-state index contributed by atoms with van der Waals surface area (Å²) < 4.78 is 0. The van der Waals surface area contributed by atoms with Gasteiger partial charge in [-0.2, -0.15) is 0 Å². The summed E-state index contributed by atoms with van der Waals surface area (Å²) >= 11 is 0. The average molecular weight is 608 g/mol. The van der Waals surface area contributed by atoms with E-state index in [9.17, 15) is 19.7 Å². The van der Waals surface area contributed by atoms with Gasteiger partial charge in [-0.15, -0.1) is 0 Å². The summed E-state index contributed by atoms with van der Waals surface area (Å²) in [7, 11) is 1.55. The summed E-state index contributed by atoms with van der Waals surface area (Å²) in [5.41, 5.74) is 4.86. The highest BCUT2D eigenvalue weighted by Crippen LogP contribution is 2.42. The number of hydrogen-bond acceptors (Lipinski definition) is 6. The number of nitro benzene ring substituents is 1. The van der Waals surface area contributed by atoms with Crippen LogP contribution in [-0.2, 0) is 15.0 Å². The third-order valence-corrected chi connectivity index (χ3v) is 9.36. The van der Waals surface area contributed by atoms with Crippen molar-refractivity contribution in [3.8, 4) is 0 Å². The number of nitrogens with one attached hydrogen (secondary N) is 2. The molecule has 3 aromatic rings. The van der Waals surface area contributed by atoms with E-state index in [0.717, 1.165) is 38.9 Å². The number of amides is 2. The third-order valence-electron chi connectivity index (χ3n) is 9.36. The maximum absolute atomic E-state index is 13.7. The molecule has 2 aliphatic heterocycles. The second kappa shape index (κ2) is 14.0. The Labute approximate surface area is 264 Å². The lowest BCUT2D eigenvalue weighted by Gasteiger charge is -2.43. The largest absolute Gasteiger partial charge is 0.359 e. The Morgan fingerprint density at radius 2 is 1.51 bits per heavy atom. The second-order valence-electron chi connectivity index (χ2n) is 11.9. The Morgan fingerprint density at radius 1 is 0.933 bits per heavy atom. The number of rotatable bonds is 10. The lowest BCUT2D eigenvalue weighted by molar-refractivity contribution is -0.384. The third kappa shape index (κ3) is 6.73. The Kier molecular flexibility index (Phi) is 9.88. The van der Waals surface area contributed by atoms with Crippen LogP contribution in [0.5, 0.6) is 0 Å². The van der Waals surface area contributed by atoms with Crippen LogP contribution < -0.4 is 10.6 Å². The van der Waals surface area contributed by atoms with Gasteiger partial charge in [-0.05, 0) is 69.4 Å². The van der Waals surface area contributed by atoms with Gasteiger partial charge in [0, 0.05) is 54.0 Å². The smallest absolute Gasteiger partial charge is 0.269 e. The molecule has 45 heavy (non-hydrogen) atoms. The van der Waals surface area contributed by atoms with Crippen LogP contribution in [0, 0.1) is 16.0 Å². The first kappa shape index (κ1) is 31.8. The van der Waals surface area contributed by atoms with E-state index < -0.39 is 16.8 Å². The van der Waals surface area contributed by atoms with Gasteiger partial charge in [0.1, 0.15) is 0 Å². The first-order chi connectivity index (χ1) is 21.7. The molecule has 234 valence electrons. The molecule has 1 fully saturated rings. The number of likely N-dealkylation sites (tertiary alicyclic amines) is 1. The molecule has 2 heterocycles. The molecule has 0 bridgehead atoms. The molecule has 2 aliphatic rings. The van der Waals surface area contributed by atoms with E-state index in [1.165, 1.54) is 23.3 Å². The van der Waals surface area contributed by atoms with Gasteiger partial charge in [0.15, 0.2) is 0 Å². The van der Waals surface area contributed by atoms with E-state index in [4.69, 9.17) is 0 Å². The molecule has 0 saturated carbocycles. The molecule has 9 nitrogen and oxygen atoms in total. The molecule has 1 saturated heterocycles. The molecule has 5 rings (SSSR count). The van der Waals surface area contributed by atoms with Gasteiger partial charge in [-0.25, -0.2) is 0 Å². The molecule has 2 unspecified atom stereocenters. The number of piperidine rings is 1. The van der Waals surface area contributed by atoms with Crippen LogP contribution in [-0.4, -0.2) is 60.6 Å². The van der Waals surface area contributed by atoms with Crippen LogP contribution in [0.3, 0.4) is 0 Å². The standard InChI is InChI=1S/C36H41N5O4/c1-25-31(34(42)37-3)33(27-15-17-30(18-16-27)41(44)45)32(26(2)39-25)35(43)38-21-10-22-40-23-19-36(20-24-40,28-11-6-4-7-12-28)29-13-8-5-9-14-29/h4-9,11-18,31,33H,10,19-24H2,1-3H3,(H,37,42)(H,38,43). The number of hydrogen-bond donors (Lipinski definition) is 2. The van der Waals surface area contributed by atoms with Gasteiger partial charge in [-0.3, -0.25) is 24.7 Å². The van der Waals surface area contributed by atoms with E-state index in [0.29, 0.717) is 29.1 Å². The summed E-state index contributed by atoms with van der Waals surface area (Å²) in [5.74, 6) is -1.85. The van der Waals surface area contributed by atoms with E-state index in [2.05, 4.69) is 81.2 Å². The van der Waals surface area contributed by atoms with Crippen molar-refractivity contribution in [3.63, 3.8) is 0 Å². The topological polar surface area (TPSA) is 117 Å². The van der Waals surface area contributed by atoms with Crippen molar-refractivity contribution in [2.75, 3.05) is 33.2 Å². The molecule has 3 aromatic carbocycles. The maximum Gasteiger partial charge on any atom is 0.269 e. The fourth-order valence-electron chi connectivity index (χ4n) is 7.01. The van der Waals surface area contributed by atoms with E-state index in [1.54, 1.807) is 33.0 Å². The van der Waals surface area contributed by atoms with Crippen molar-refractivity contribution < 1.29 is 14.5 Å². The van der Waals surface area contributed by atoms with Gasteiger partial charge < -0.3 is 15.5 Å². The zero-order chi connectivity index (χ0) is 32.0. The number of benzene rings is 3. The molecule has 0 spiro atoms. The molecular weight excluding hydrogens is 566 g/mol. The van der Waals surface area contributed by atoms with Gasteiger partial charge in [0.05, 0.1) is 10.8 Å². The predicted molar refractivity (Wildman–Crippen MR) is 176 cm³/mol. The second-order valence-corrected chi connectivity index (χ2v) is 11.9. The molecule has 2 N–H and O–H groups in total. The fraction of sp³-hybridized carbons (Fsp3) is 0.361. The van der Waals surface area contributed by atoms with Crippen LogP contribution >= 0.6 is 0 Å². The highest BCUT2D eigenvalue weighted by Gasteiger charge is 2.41. The molecule has 9 heteroatoms. The number of nitro groups is 1. The summed E-state index contributed by atoms with van der Waals surface area (Å²) in [5, 5.41) is 17.0. The van der Waals surface area contributed by atoms with Crippen molar-refractivity contribution in [3.05, 3.63) is 123 Å². The average Bonchev–Trinajstić information content (AvgIpc) is 3.07. The Balaban J connectivity index is 1.24. The fourth-order valence-corrected chi connectivity index (χ4v) is 7.01. The number of nitrogens with zero attached hydrogens (tertiary/aromatic N) is 3. The lowest BCUT2D eigenvalue weighted by atomic mass is 9.68. The van der Waals surface area contributed by atoms with Crippen LogP contribution in [0.1, 0.15) is 55.7 Å². The highest BCUT2D eigenvalue weighted by molar-refractivity contribution is 6.09. The van der Waals surface area contributed by atoms with Gasteiger partial charge in [-0.1, -0.05) is 72.8 Å². The number of carbonyl (C=O) groups excluding carboxylic acids is 2. The quantitative estimate of drug-likeness (QED) is 0.182. The first-order valence-corrected chi connectivity index (χ1v) is 15.6. The normalized spacial score (nSPS) is 19.8. The lowest BCUT2D eigenvalue weighted by Crippen LogP contribution is -2.44. The Morgan fingerprint density at radius 3 is 2.04 bits per heavy atom. The zero-order valence-corrected chi connectivity index (χ0v) is 26.2. The van der Waals surface area contributed by atoms with E-state index >= 15 is 0 Å². The van der Waals surface area contributed by atoms with Crippen molar-refractivity contribution in [2.24, 2.45) is 10.9 Å². The summed E-state index contributed by atoms with van der Waals surface area (Å²) in [6.07, 6.45) is 2.83. The molecule has 0 radical (unpaired) electrons. The van der Waals surface area contributed by atoms with Crippen molar-refractivity contribution in [1.29, 1.82) is 0 Å². The zero-order valence-electron chi connectivity index (χ0n) is 26.2. The van der Waals surface area contributed by atoms with Crippen molar-refractivity contribution in [1.82, 2.24) is 15.5 Å². The predicted octanol–water partition coefficient (Wildman–Crippen LogP) is 5.38. The number of allylic oxidation sites excluding steroid dienone is 1. The number of carbonyl (C=O) groups is 2. The number of non-ortho nitro benzene ring substituents is 1. The van der Waals surface area contributed by atoms with Crippen LogP contribution in [0.15, 0.2) is 101 Å². The molecule has 2 amide bonds. The van der Waals surface area contributed by atoms with Crippen LogP contribution in [0.2, 0.25) is 0 Å². The summed E-state index contributed by atoms with van der Waals surface area (Å²) in [6.45, 7) is 6.82. The van der Waals surface area contributed by atoms with Gasteiger partial charge in [0.25, 0.3) is 5.69 Å². The van der Waals surface area contributed by atoms with Crippen LogP contribution in [0.25, 0.3) is 0 Å². The van der Waals surface area contributed by atoms with Gasteiger partial charge in [0.2, 0.25) is 11.8 Å². The first-order valence-electron chi connectivity index (χ1n) is 15.6. The highest BCUT2D eigenvalue weighted by atomic mass is 16.6. The van der Waals surface area contributed by atoms with Crippen molar-refractivity contribution in [2.45, 2.75) is 44.4 Å². The SMILES string of the molecule is CNC(=O)C1C(C)=NC(C)=C(C(=O)NCCCN2CCC(c3ccccc3)(c3ccccc3)CC2)C1c1ccc([N+](=O)[O-])cc1. The number of aliphatic imine (C=N–C) groups is 1. The Bertz CT molecular complexity index is 1540. The summed E-state index contributed by atoms with van der Waals surface area (Å²) in [6, 6.07) is 27.6. The van der Waals surface area contributed by atoms with E-state index in [-0.39, 0.29) is 22.9 Å².